The Labute approximate surface area is 197 Å². The number of morpholine rings is 1. The summed E-state index contributed by atoms with van der Waals surface area (Å²) in [7, 11) is -3.73. The van der Waals surface area contributed by atoms with Crippen LogP contribution in [0.25, 0.3) is 0 Å². The molecule has 4 rings (SSSR count). The van der Waals surface area contributed by atoms with Gasteiger partial charge >= 0.3 is 0 Å². The van der Waals surface area contributed by atoms with E-state index in [1.54, 1.807) is 43.5 Å². The van der Waals surface area contributed by atoms with Crippen LogP contribution >= 0.6 is 0 Å². The van der Waals surface area contributed by atoms with Crippen LogP contribution < -0.4 is 10.6 Å². The SMILES string of the molecule is Cc1ccc(NC(=O)c2cccc(S(=O)(=O)N3CCOCC3)c2)cc1C(=O)Nc1cccnc1. The van der Waals surface area contributed by atoms with Crippen molar-refractivity contribution in [3.63, 3.8) is 0 Å². The Morgan fingerprint density at radius 3 is 2.44 bits per heavy atom. The van der Waals surface area contributed by atoms with Gasteiger partial charge in [-0.3, -0.25) is 14.6 Å². The molecule has 1 saturated heterocycles. The molecule has 176 valence electrons. The van der Waals surface area contributed by atoms with E-state index in [4.69, 9.17) is 4.74 Å². The summed E-state index contributed by atoms with van der Waals surface area (Å²) >= 11 is 0. The third-order valence-corrected chi connectivity index (χ3v) is 7.26. The molecule has 2 N–H and O–H groups in total. The number of hydrogen-bond acceptors (Lipinski definition) is 6. The second-order valence-corrected chi connectivity index (χ2v) is 9.66. The molecule has 34 heavy (non-hydrogen) atoms. The van der Waals surface area contributed by atoms with Crippen LogP contribution in [0.3, 0.4) is 0 Å². The summed E-state index contributed by atoms with van der Waals surface area (Å²) in [6.45, 7) is 3.01. The lowest BCUT2D eigenvalue weighted by molar-refractivity contribution is 0.0730. The Morgan fingerprint density at radius 1 is 0.941 bits per heavy atom. The number of aryl methyl sites for hydroxylation is 1. The van der Waals surface area contributed by atoms with E-state index in [9.17, 15) is 18.0 Å². The van der Waals surface area contributed by atoms with Gasteiger partial charge in [0.25, 0.3) is 11.8 Å². The van der Waals surface area contributed by atoms with E-state index in [1.807, 2.05) is 0 Å². The van der Waals surface area contributed by atoms with E-state index in [1.165, 1.54) is 34.8 Å². The molecule has 2 aromatic carbocycles. The fourth-order valence-electron chi connectivity index (χ4n) is 3.52. The lowest BCUT2D eigenvalue weighted by Crippen LogP contribution is -2.40. The number of aromatic nitrogens is 1. The van der Waals surface area contributed by atoms with Gasteiger partial charge in [-0.05, 0) is 55.0 Å². The van der Waals surface area contributed by atoms with Gasteiger partial charge in [-0.1, -0.05) is 12.1 Å². The number of benzene rings is 2. The van der Waals surface area contributed by atoms with Gasteiger partial charge in [0.05, 0.1) is 30.0 Å². The topological polar surface area (TPSA) is 118 Å². The zero-order chi connectivity index (χ0) is 24.1. The molecule has 0 saturated carbocycles. The average molecular weight is 481 g/mol. The smallest absolute Gasteiger partial charge is 0.256 e. The van der Waals surface area contributed by atoms with Gasteiger partial charge in [-0.2, -0.15) is 4.31 Å². The molecule has 1 fully saturated rings. The number of sulfonamides is 1. The third-order valence-electron chi connectivity index (χ3n) is 5.36. The van der Waals surface area contributed by atoms with Crippen molar-refractivity contribution in [3.8, 4) is 0 Å². The minimum Gasteiger partial charge on any atom is -0.379 e. The van der Waals surface area contributed by atoms with Crippen molar-refractivity contribution in [1.29, 1.82) is 0 Å². The predicted molar refractivity (Wildman–Crippen MR) is 127 cm³/mol. The summed E-state index contributed by atoms with van der Waals surface area (Å²) in [6.07, 6.45) is 3.15. The maximum Gasteiger partial charge on any atom is 0.256 e. The van der Waals surface area contributed by atoms with Crippen LogP contribution in [-0.4, -0.2) is 55.8 Å². The van der Waals surface area contributed by atoms with Gasteiger partial charge in [-0.25, -0.2) is 8.42 Å². The Bertz CT molecular complexity index is 1310. The largest absolute Gasteiger partial charge is 0.379 e. The summed E-state index contributed by atoms with van der Waals surface area (Å²) in [5, 5.41) is 5.52. The molecule has 0 radical (unpaired) electrons. The lowest BCUT2D eigenvalue weighted by Gasteiger charge is -2.26. The quantitative estimate of drug-likeness (QED) is 0.560. The van der Waals surface area contributed by atoms with Crippen LogP contribution in [0.4, 0.5) is 11.4 Å². The number of nitrogens with one attached hydrogen (secondary N) is 2. The van der Waals surface area contributed by atoms with Crippen LogP contribution in [0.2, 0.25) is 0 Å². The van der Waals surface area contributed by atoms with Crippen LogP contribution in [0, 0.1) is 6.92 Å². The van der Waals surface area contributed by atoms with Crippen LogP contribution in [0.5, 0.6) is 0 Å². The van der Waals surface area contributed by atoms with Crippen LogP contribution in [0.1, 0.15) is 26.3 Å². The Hall–Kier alpha value is -3.60. The number of carbonyl (C=O) groups is 2. The molecule has 1 aliphatic rings. The number of hydrogen-bond donors (Lipinski definition) is 2. The third kappa shape index (κ3) is 5.30. The van der Waals surface area contributed by atoms with Crippen molar-refractivity contribution in [3.05, 3.63) is 83.7 Å². The van der Waals surface area contributed by atoms with E-state index in [0.29, 0.717) is 30.2 Å². The number of rotatable bonds is 6. The maximum absolute atomic E-state index is 12.9. The Kier molecular flexibility index (Phi) is 7.01. The van der Waals surface area contributed by atoms with Crippen molar-refractivity contribution in [1.82, 2.24) is 9.29 Å². The van der Waals surface area contributed by atoms with Crippen molar-refractivity contribution < 1.29 is 22.7 Å². The average Bonchev–Trinajstić information content (AvgIpc) is 2.86. The highest BCUT2D eigenvalue weighted by molar-refractivity contribution is 7.89. The minimum atomic E-state index is -3.73. The summed E-state index contributed by atoms with van der Waals surface area (Å²) in [4.78, 5) is 29.6. The summed E-state index contributed by atoms with van der Waals surface area (Å²) in [5.74, 6) is -0.818. The van der Waals surface area contributed by atoms with Gasteiger partial charge in [0.2, 0.25) is 10.0 Å². The standard InChI is InChI=1S/C24H24N4O5S/c1-17-7-8-19(15-22(17)24(30)27-20-5-3-9-25-16-20)26-23(29)18-4-2-6-21(14-18)34(31,32)28-10-12-33-13-11-28/h2-9,14-16H,10-13H2,1H3,(H,26,29)(H,27,30). The van der Waals surface area contributed by atoms with Gasteiger partial charge in [0.1, 0.15) is 0 Å². The Balaban J connectivity index is 1.51. The molecule has 3 aromatic rings. The molecule has 0 bridgehead atoms. The first-order valence-electron chi connectivity index (χ1n) is 10.7. The number of carbonyl (C=O) groups excluding carboxylic acids is 2. The fraction of sp³-hybridized carbons (Fsp3) is 0.208. The molecule has 1 aliphatic heterocycles. The first kappa shape index (κ1) is 23.6. The van der Waals surface area contributed by atoms with Crippen molar-refractivity contribution in [2.24, 2.45) is 0 Å². The molecule has 0 atom stereocenters. The highest BCUT2D eigenvalue weighted by Crippen LogP contribution is 2.21. The van der Waals surface area contributed by atoms with E-state index in [-0.39, 0.29) is 29.5 Å². The normalized spacial score (nSPS) is 14.4. The minimum absolute atomic E-state index is 0.0440. The molecule has 2 amide bonds. The highest BCUT2D eigenvalue weighted by atomic mass is 32.2. The molecule has 0 spiro atoms. The van der Waals surface area contributed by atoms with E-state index in [2.05, 4.69) is 15.6 Å². The van der Waals surface area contributed by atoms with Crippen molar-refractivity contribution in [2.75, 3.05) is 36.9 Å². The van der Waals surface area contributed by atoms with Gasteiger partial charge < -0.3 is 15.4 Å². The van der Waals surface area contributed by atoms with Crippen molar-refractivity contribution in [2.45, 2.75) is 11.8 Å². The van der Waals surface area contributed by atoms with Gasteiger partial charge in [-0.15, -0.1) is 0 Å². The number of nitrogens with zero attached hydrogens (tertiary/aromatic N) is 2. The molecule has 0 unspecified atom stereocenters. The van der Waals surface area contributed by atoms with Crippen LogP contribution in [0.15, 0.2) is 71.9 Å². The van der Waals surface area contributed by atoms with Crippen molar-refractivity contribution >= 4 is 33.2 Å². The first-order chi connectivity index (χ1) is 16.3. The lowest BCUT2D eigenvalue weighted by atomic mass is 10.1. The monoisotopic (exact) mass is 480 g/mol. The summed E-state index contributed by atoms with van der Waals surface area (Å²) in [6, 6.07) is 14.3. The zero-order valence-corrected chi connectivity index (χ0v) is 19.3. The second kappa shape index (κ2) is 10.1. The number of ether oxygens (including phenoxy) is 1. The number of pyridine rings is 1. The molecular weight excluding hydrogens is 456 g/mol. The highest BCUT2D eigenvalue weighted by Gasteiger charge is 2.27. The Morgan fingerprint density at radius 2 is 1.71 bits per heavy atom. The van der Waals surface area contributed by atoms with E-state index < -0.39 is 15.9 Å². The van der Waals surface area contributed by atoms with Gasteiger partial charge in [0.15, 0.2) is 0 Å². The summed E-state index contributed by atoms with van der Waals surface area (Å²) < 4.78 is 32.4. The number of anilines is 2. The zero-order valence-electron chi connectivity index (χ0n) is 18.5. The number of amides is 2. The molecule has 2 heterocycles. The molecule has 10 heteroatoms. The van der Waals surface area contributed by atoms with Crippen LogP contribution in [-0.2, 0) is 14.8 Å². The molecular formula is C24H24N4O5S. The molecule has 0 aliphatic carbocycles. The van der Waals surface area contributed by atoms with Gasteiger partial charge in [0, 0.05) is 36.1 Å². The molecule has 9 nitrogen and oxygen atoms in total. The molecule has 1 aromatic heterocycles. The summed E-state index contributed by atoms with van der Waals surface area (Å²) in [5.41, 5.74) is 2.28. The first-order valence-corrected chi connectivity index (χ1v) is 12.1. The maximum atomic E-state index is 12.9. The van der Waals surface area contributed by atoms with E-state index >= 15 is 0 Å². The van der Waals surface area contributed by atoms with E-state index in [0.717, 1.165) is 5.56 Å². The predicted octanol–water partition coefficient (Wildman–Crippen LogP) is 2.92. The second-order valence-electron chi connectivity index (χ2n) is 7.72. The fourth-order valence-corrected chi connectivity index (χ4v) is 4.97.